The van der Waals surface area contributed by atoms with E-state index in [2.05, 4.69) is 6.07 Å². The lowest BCUT2D eigenvalue weighted by atomic mass is 9.92. The van der Waals surface area contributed by atoms with Gasteiger partial charge in [0, 0.05) is 6.42 Å². The minimum absolute atomic E-state index is 0.320. The lowest BCUT2D eigenvalue weighted by molar-refractivity contribution is -0.116. The van der Waals surface area contributed by atoms with Crippen molar-refractivity contribution >= 4 is 11.9 Å². The van der Waals surface area contributed by atoms with Gasteiger partial charge in [0.25, 0.3) is 0 Å². The van der Waals surface area contributed by atoms with Crippen molar-refractivity contribution in [3.8, 4) is 0 Å². The van der Waals surface area contributed by atoms with Crippen molar-refractivity contribution in [2.45, 2.75) is 25.7 Å². The van der Waals surface area contributed by atoms with E-state index in [9.17, 15) is 4.79 Å². The molecule has 1 heteroatoms. The molecule has 0 amide bonds. The van der Waals surface area contributed by atoms with Crippen molar-refractivity contribution in [3.05, 3.63) is 41.5 Å². The zero-order chi connectivity index (χ0) is 9.80. The minimum Gasteiger partial charge on any atom is -0.295 e. The molecule has 0 N–H and O–H groups in total. The Kier molecular flexibility index (Phi) is 2.78. The zero-order valence-electron chi connectivity index (χ0n) is 8.12. The summed E-state index contributed by atoms with van der Waals surface area (Å²) in [4.78, 5) is 11.5. The molecule has 1 saturated carbocycles. The van der Waals surface area contributed by atoms with Crippen LogP contribution in [0.2, 0.25) is 0 Å². The van der Waals surface area contributed by atoms with Crippen molar-refractivity contribution in [1.29, 1.82) is 0 Å². The summed E-state index contributed by atoms with van der Waals surface area (Å²) in [6.45, 7) is 0. The van der Waals surface area contributed by atoms with Crippen LogP contribution >= 0.6 is 0 Å². The molecule has 1 nitrogen and oxygen atoms in total. The van der Waals surface area contributed by atoms with E-state index >= 15 is 0 Å². The van der Waals surface area contributed by atoms with Crippen LogP contribution in [0, 0.1) is 6.07 Å². The van der Waals surface area contributed by atoms with Crippen LogP contribution in [0.3, 0.4) is 0 Å². The minimum atomic E-state index is 0.320. The molecule has 0 heterocycles. The van der Waals surface area contributed by atoms with E-state index in [0.29, 0.717) is 5.78 Å². The lowest BCUT2D eigenvalue weighted by Gasteiger charge is -2.12. The zero-order valence-corrected chi connectivity index (χ0v) is 8.12. The molecule has 1 radical (unpaired) electrons. The van der Waals surface area contributed by atoms with Crippen LogP contribution in [-0.2, 0) is 4.79 Å². The highest BCUT2D eigenvalue weighted by molar-refractivity contribution is 6.00. The normalized spacial score (nSPS) is 20.0. The van der Waals surface area contributed by atoms with Crippen molar-refractivity contribution < 1.29 is 4.79 Å². The van der Waals surface area contributed by atoms with Crippen LogP contribution in [-0.4, -0.2) is 5.78 Å². The summed E-state index contributed by atoms with van der Waals surface area (Å²) in [5, 5.41) is 0. The van der Waals surface area contributed by atoms with Gasteiger partial charge in [0.15, 0.2) is 5.78 Å². The standard InChI is InChI=1S/C13H13O/c14-13-9-5-4-8-12(13)10-11-6-2-1-3-7-11/h1-2,6-7,10H,4-5,8-9H2/b12-10+. The van der Waals surface area contributed by atoms with Crippen LogP contribution < -0.4 is 0 Å². The van der Waals surface area contributed by atoms with Gasteiger partial charge in [-0.2, -0.15) is 0 Å². The fourth-order valence-electron chi connectivity index (χ4n) is 1.75. The van der Waals surface area contributed by atoms with Crippen LogP contribution in [0.25, 0.3) is 6.08 Å². The maximum absolute atomic E-state index is 11.5. The van der Waals surface area contributed by atoms with Crippen LogP contribution in [0.4, 0.5) is 0 Å². The Hall–Kier alpha value is -1.37. The quantitative estimate of drug-likeness (QED) is 0.615. The topological polar surface area (TPSA) is 17.1 Å². The molecule has 1 aromatic rings. The molecule has 2 rings (SSSR count). The summed E-state index contributed by atoms with van der Waals surface area (Å²) in [5.41, 5.74) is 2.06. The van der Waals surface area contributed by atoms with E-state index in [-0.39, 0.29) is 0 Å². The molecular weight excluding hydrogens is 172 g/mol. The molecule has 0 bridgehead atoms. The molecule has 0 aliphatic heterocycles. The number of carbonyl (C=O) groups excluding carboxylic acids is 1. The van der Waals surface area contributed by atoms with Crippen molar-refractivity contribution in [2.75, 3.05) is 0 Å². The predicted octanol–water partition coefficient (Wildman–Crippen LogP) is 3.01. The Bertz CT molecular complexity index is 349. The monoisotopic (exact) mass is 185 g/mol. The first-order valence-electron chi connectivity index (χ1n) is 5.06. The molecule has 0 atom stereocenters. The van der Waals surface area contributed by atoms with E-state index in [0.717, 1.165) is 36.8 Å². The molecule has 0 saturated heterocycles. The third kappa shape index (κ3) is 2.11. The van der Waals surface area contributed by atoms with E-state index in [1.165, 1.54) is 0 Å². The number of rotatable bonds is 1. The van der Waals surface area contributed by atoms with Gasteiger partial charge in [0.2, 0.25) is 0 Å². The molecule has 71 valence electrons. The van der Waals surface area contributed by atoms with Gasteiger partial charge in [-0.15, -0.1) is 0 Å². The van der Waals surface area contributed by atoms with E-state index in [1.807, 2.05) is 30.3 Å². The smallest absolute Gasteiger partial charge is 0.158 e. The maximum atomic E-state index is 11.5. The largest absolute Gasteiger partial charge is 0.295 e. The third-order valence-electron chi connectivity index (χ3n) is 2.53. The number of benzene rings is 1. The molecule has 1 aliphatic carbocycles. The van der Waals surface area contributed by atoms with E-state index < -0.39 is 0 Å². The van der Waals surface area contributed by atoms with Gasteiger partial charge >= 0.3 is 0 Å². The first kappa shape index (κ1) is 9.20. The Morgan fingerprint density at radius 1 is 1.29 bits per heavy atom. The van der Waals surface area contributed by atoms with Gasteiger partial charge in [-0.3, -0.25) is 4.79 Å². The van der Waals surface area contributed by atoms with Gasteiger partial charge < -0.3 is 0 Å². The van der Waals surface area contributed by atoms with Crippen molar-refractivity contribution in [1.82, 2.24) is 0 Å². The summed E-state index contributed by atoms with van der Waals surface area (Å²) in [6.07, 6.45) is 5.86. The fourth-order valence-corrected chi connectivity index (χ4v) is 1.75. The Morgan fingerprint density at radius 3 is 2.86 bits per heavy atom. The number of hydrogen-bond acceptors (Lipinski definition) is 1. The van der Waals surface area contributed by atoms with Gasteiger partial charge in [-0.25, -0.2) is 0 Å². The molecule has 0 spiro atoms. The average Bonchev–Trinajstić information content (AvgIpc) is 2.23. The van der Waals surface area contributed by atoms with Gasteiger partial charge in [0.05, 0.1) is 0 Å². The second-order valence-corrected chi connectivity index (χ2v) is 3.64. The van der Waals surface area contributed by atoms with Gasteiger partial charge in [0.1, 0.15) is 0 Å². The molecule has 1 aliphatic rings. The highest BCUT2D eigenvalue weighted by Crippen LogP contribution is 2.21. The molecule has 0 unspecified atom stereocenters. The predicted molar refractivity (Wildman–Crippen MR) is 56.7 cm³/mol. The SMILES string of the molecule is O=C1CCCC/C1=C\c1c[c]ccc1. The fraction of sp³-hybridized carbons (Fsp3) is 0.308. The van der Waals surface area contributed by atoms with Crippen molar-refractivity contribution in [3.63, 3.8) is 0 Å². The van der Waals surface area contributed by atoms with E-state index in [1.54, 1.807) is 0 Å². The van der Waals surface area contributed by atoms with Gasteiger partial charge in [-0.1, -0.05) is 18.2 Å². The number of Topliss-reactive ketones (excluding diaryl/α,β-unsaturated/α-hetero) is 1. The number of hydrogen-bond donors (Lipinski definition) is 0. The highest BCUT2D eigenvalue weighted by atomic mass is 16.1. The summed E-state index contributed by atoms with van der Waals surface area (Å²) >= 11 is 0. The van der Waals surface area contributed by atoms with E-state index in [4.69, 9.17) is 0 Å². The molecule has 1 fully saturated rings. The number of carbonyl (C=O) groups is 1. The Morgan fingerprint density at radius 2 is 2.14 bits per heavy atom. The highest BCUT2D eigenvalue weighted by Gasteiger charge is 2.14. The van der Waals surface area contributed by atoms with Crippen LogP contribution in [0.5, 0.6) is 0 Å². The van der Waals surface area contributed by atoms with Crippen LogP contribution in [0.15, 0.2) is 29.8 Å². The first-order chi connectivity index (χ1) is 6.86. The Labute approximate surface area is 84.5 Å². The molecule has 14 heavy (non-hydrogen) atoms. The summed E-state index contributed by atoms with van der Waals surface area (Å²) in [6, 6.07) is 10.7. The lowest BCUT2D eigenvalue weighted by Crippen LogP contribution is -2.07. The third-order valence-corrected chi connectivity index (χ3v) is 2.53. The summed E-state index contributed by atoms with van der Waals surface area (Å²) in [5.74, 6) is 0.320. The second-order valence-electron chi connectivity index (χ2n) is 3.64. The van der Waals surface area contributed by atoms with Crippen LogP contribution in [0.1, 0.15) is 31.2 Å². The summed E-state index contributed by atoms with van der Waals surface area (Å²) in [7, 11) is 0. The first-order valence-corrected chi connectivity index (χ1v) is 5.06. The molecular formula is C13H13O. The van der Waals surface area contributed by atoms with Gasteiger partial charge in [-0.05, 0) is 48.6 Å². The number of allylic oxidation sites excluding steroid dienone is 1. The molecule has 0 aromatic heterocycles. The maximum Gasteiger partial charge on any atom is 0.158 e. The van der Waals surface area contributed by atoms with Crippen molar-refractivity contribution in [2.24, 2.45) is 0 Å². The number of ketones is 1. The average molecular weight is 185 g/mol. The summed E-state index contributed by atoms with van der Waals surface area (Å²) < 4.78 is 0. The second kappa shape index (κ2) is 4.23. The Balaban J connectivity index is 2.21. The molecule has 1 aromatic carbocycles.